The first-order chi connectivity index (χ1) is 5.77. The van der Waals surface area contributed by atoms with E-state index >= 15 is 0 Å². The van der Waals surface area contributed by atoms with E-state index in [0.29, 0.717) is 5.25 Å². The lowest BCUT2D eigenvalue weighted by molar-refractivity contribution is 0.158. The van der Waals surface area contributed by atoms with Crippen LogP contribution in [0.1, 0.15) is 20.8 Å². The summed E-state index contributed by atoms with van der Waals surface area (Å²) in [5.74, 6) is 1.09. The van der Waals surface area contributed by atoms with Gasteiger partial charge < -0.3 is 4.74 Å². The highest BCUT2D eigenvalue weighted by Crippen LogP contribution is 2.07. The third kappa shape index (κ3) is 9.98. The second-order valence-electron chi connectivity index (χ2n) is 2.70. The highest BCUT2D eigenvalue weighted by Gasteiger charge is 1.93. The Morgan fingerprint density at radius 3 is 2.75 bits per heavy atom. The van der Waals surface area contributed by atoms with E-state index < -0.39 is 0 Å². The minimum absolute atomic E-state index is 0.710. The Bertz CT molecular complexity index is 115. The summed E-state index contributed by atoms with van der Waals surface area (Å²) in [6, 6.07) is 0. The second kappa shape index (κ2) is 9.07. The van der Waals surface area contributed by atoms with Gasteiger partial charge in [0.1, 0.15) is 0 Å². The smallest absolute Gasteiger partial charge is 0.0662 e. The van der Waals surface area contributed by atoms with Crippen LogP contribution in [0.15, 0.2) is 4.99 Å². The summed E-state index contributed by atoms with van der Waals surface area (Å²) >= 11 is 1.93. The molecule has 0 radical (unpaired) electrons. The summed E-state index contributed by atoms with van der Waals surface area (Å²) in [5, 5.41) is 0.710. The van der Waals surface area contributed by atoms with Crippen molar-refractivity contribution in [2.75, 3.05) is 25.5 Å². The van der Waals surface area contributed by atoms with Crippen molar-refractivity contribution in [3.63, 3.8) is 0 Å². The van der Waals surface area contributed by atoms with Gasteiger partial charge in [0.05, 0.1) is 19.8 Å². The lowest BCUT2D eigenvalue weighted by Gasteiger charge is -2.04. The molecule has 0 bridgehead atoms. The number of ether oxygens (including phenoxy) is 1. The number of nitrogens with zero attached hydrogens (tertiary/aromatic N) is 1. The summed E-state index contributed by atoms with van der Waals surface area (Å²) in [5.41, 5.74) is 0. The monoisotopic (exact) mass is 189 g/mol. The average molecular weight is 189 g/mol. The molecule has 0 saturated carbocycles. The lowest BCUT2D eigenvalue weighted by atomic mass is 10.6. The molecule has 0 saturated heterocycles. The third-order valence-electron chi connectivity index (χ3n) is 1.23. The molecule has 72 valence electrons. The fourth-order valence-corrected chi connectivity index (χ4v) is 1.38. The first-order valence-electron chi connectivity index (χ1n) is 4.41. The van der Waals surface area contributed by atoms with E-state index in [-0.39, 0.29) is 0 Å². The topological polar surface area (TPSA) is 21.6 Å². The summed E-state index contributed by atoms with van der Waals surface area (Å²) < 4.78 is 5.35. The van der Waals surface area contributed by atoms with Crippen LogP contribution in [0.25, 0.3) is 0 Å². The summed E-state index contributed by atoms with van der Waals surface area (Å²) in [4.78, 5) is 4.05. The van der Waals surface area contributed by atoms with Gasteiger partial charge in [-0.3, -0.25) is 4.99 Å². The van der Waals surface area contributed by atoms with E-state index in [1.54, 1.807) is 0 Å². The van der Waals surface area contributed by atoms with Crippen LogP contribution in [0.4, 0.5) is 0 Å². The molecule has 0 spiro atoms. The number of rotatable bonds is 7. The second-order valence-corrected chi connectivity index (χ2v) is 4.38. The molecule has 0 aliphatic heterocycles. The van der Waals surface area contributed by atoms with Crippen molar-refractivity contribution < 1.29 is 4.74 Å². The molecule has 0 aromatic rings. The van der Waals surface area contributed by atoms with Crippen LogP contribution in [-0.4, -0.2) is 37.0 Å². The molecular formula is C9H19NOS. The highest BCUT2D eigenvalue weighted by molar-refractivity contribution is 7.99. The molecule has 0 rings (SSSR count). The number of hydrogen-bond acceptors (Lipinski definition) is 3. The van der Waals surface area contributed by atoms with Crippen LogP contribution in [0, 0.1) is 0 Å². The maximum Gasteiger partial charge on any atom is 0.0662 e. The van der Waals surface area contributed by atoms with Gasteiger partial charge >= 0.3 is 0 Å². The fourth-order valence-electron chi connectivity index (χ4n) is 0.691. The van der Waals surface area contributed by atoms with E-state index in [1.807, 2.05) is 24.9 Å². The van der Waals surface area contributed by atoms with E-state index in [4.69, 9.17) is 4.74 Å². The van der Waals surface area contributed by atoms with Crippen LogP contribution in [0.5, 0.6) is 0 Å². The molecule has 0 heterocycles. The average Bonchev–Trinajstić information content (AvgIpc) is 2.02. The quantitative estimate of drug-likeness (QED) is 0.452. The predicted molar refractivity (Wildman–Crippen MR) is 57.4 cm³/mol. The van der Waals surface area contributed by atoms with E-state index in [2.05, 4.69) is 18.8 Å². The minimum atomic E-state index is 0.710. The van der Waals surface area contributed by atoms with Gasteiger partial charge in [0.2, 0.25) is 0 Å². The van der Waals surface area contributed by atoms with Gasteiger partial charge in [-0.15, -0.1) is 0 Å². The number of aliphatic imine (C=N–C) groups is 1. The van der Waals surface area contributed by atoms with Crippen LogP contribution in [-0.2, 0) is 4.74 Å². The molecule has 12 heavy (non-hydrogen) atoms. The Morgan fingerprint density at radius 1 is 1.42 bits per heavy atom. The largest absolute Gasteiger partial charge is 0.379 e. The van der Waals surface area contributed by atoms with Gasteiger partial charge in [-0.25, -0.2) is 0 Å². The normalized spacial score (nSPS) is 11.7. The summed E-state index contributed by atoms with van der Waals surface area (Å²) in [6.45, 7) is 8.72. The van der Waals surface area contributed by atoms with Gasteiger partial charge in [0.15, 0.2) is 0 Å². The zero-order chi connectivity index (χ0) is 9.23. The SMILES string of the molecule is CC=NCCOCCSC(C)C. The lowest BCUT2D eigenvalue weighted by Crippen LogP contribution is -2.03. The molecule has 0 unspecified atom stereocenters. The molecule has 0 aromatic heterocycles. The van der Waals surface area contributed by atoms with Crippen molar-refractivity contribution in [3.05, 3.63) is 0 Å². The predicted octanol–water partition coefficient (Wildman–Crippen LogP) is 2.24. The van der Waals surface area contributed by atoms with Crippen molar-refractivity contribution in [1.82, 2.24) is 0 Å². The fraction of sp³-hybridized carbons (Fsp3) is 0.889. The maximum absolute atomic E-state index is 5.35. The van der Waals surface area contributed by atoms with Crippen LogP contribution < -0.4 is 0 Å². The van der Waals surface area contributed by atoms with Crippen LogP contribution in [0.2, 0.25) is 0 Å². The van der Waals surface area contributed by atoms with Gasteiger partial charge in [-0.05, 0) is 18.4 Å². The first kappa shape index (κ1) is 12.0. The van der Waals surface area contributed by atoms with Crippen molar-refractivity contribution >= 4 is 18.0 Å². The van der Waals surface area contributed by atoms with Gasteiger partial charge in [-0.1, -0.05) is 13.8 Å². The van der Waals surface area contributed by atoms with Gasteiger partial charge in [0.25, 0.3) is 0 Å². The Kier molecular flexibility index (Phi) is 9.06. The first-order valence-corrected chi connectivity index (χ1v) is 5.46. The van der Waals surface area contributed by atoms with Gasteiger partial charge in [-0.2, -0.15) is 11.8 Å². The molecule has 0 aliphatic carbocycles. The molecule has 0 amide bonds. The zero-order valence-corrected chi connectivity index (χ0v) is 9.06. The Hall–Kier alpha value is -0.0200. The van der Waals surface area contributed by atoms with E-state index in [0.717, 1.165) is 25.5 Å². The Morgan fingerprint density at radius 2 is 2.17 bits per heavy atom. The van der Waals surface area contributed by atoms with Crippen LogP contribution >= 0.6 is 11.8 Å². The molecule has 3 heteroatoms. The van der Waals surface area contributed by atoms with Crippen molar-refractivity contribution in [3.8, 4) is 0 Å². The van der Waals surface area contributed by atoms with E-state index in [1.165, 1.54) is 0 Å². The Labute approximate surface area is 79.8 Å². The summed E-state index contributed by atoms with van der Waals surface area (Å²) in [7, 11) is 0. The molecule has 0 aromatic carbocycles. The molecule has 0 fully saturated rings. The number of thioether (sulfide) groups is 1. The standard InChI is InChI=1S/C9H19NOS/c1-4-10-5-6-11-7-8-12-9(2)3/h4,9H,5-8H2,1-3H3. The van der Waals surface area contributed by atoms with E-state index in [9.17, 15) is 0 Å². The summed E-state index contributed by atoms with van der Waals surface area (Å²) in [6.07, 6.45) is 1.81. The molecular weight excluding hydrogens is 170 g/mol. The molecule has 2 nitrogen and oxygen atoms in total. The molecule has 0 aliphatic rings. The molecule has 0 N–H and O–H groups in total. The maximum atomic E-state index is 5.35. The highest BCUT2D eigenvalue weighted by atomic mass is 32.2. The minimum Gasteiger partial charge on any atom is -0.379 e. The van der Waals surface area contributed by atoms with Gasteiger partial charge in [0, 0.05) is 5.75 Å². The van der Waals surface area contributed by atoms with Crippen molar-refractivity contribution in [2.45, 2.75) is 26.0 Å². The van der Waals surface area contributed by atoms with Crippen molar-refractivity contribution in [1.29, 1.82) is 0 Å². The van der Waals surface area contributed by atoms with Crippen molar-refractivity contribution in [2.24, 2.45) is 4.99 Å². The molecule has 0 atom stereocenters. The van der Waals surface area contributed by atoms with Crippen LogP contribution in [0.3, 0.4) is 0 Å². The Balaban J connectivity index is 2.91. The zero-order valence-electron chi connectivity index (χ0n) is 8.25. The third-order valence-corrected chi connectivity index (χ3v) is 2.30. The number of hydrogen-bond donors (Lipinski definition) is 0.